The minimum atomic E-state index is 0.683. The number of nitrogens with zero attached hydrogens (tertiary/aromatic N) is 3. The van der Waals surface area contributed by atoms with Crippen LogP contribution in [0, 0.1) is 0 Å². The molecule has 0 spiro atoms. The van der Waals surface area contributed by atoms with E-state index in [-0.39, 0.29) is 0 Å². The van der Waals surface area contributed by atoms with Crippen molar-refractivity contribution in [3.05, 3.63) is 42.9 Å². The van der Waals surface area contributed by atoms with Crippen molar-refractivity contribution < 1.29 is 0 Å². The topological polar surface area (TPSA) is 70.2 Å². The van der Waals surface area contributed by atoms with Gasteiger partial charge in [-0.3, -0.25) is 10.1 Å². The number of aromatic nitrogens is 5. The zero-order valence-corrected chi connectivity index (χ0v) is 9.38. The van der Waals surface area contributed by atoms with Gasteiger partial charge in [0.25, 0.3) is 0 Å². The van der Waals surface area contributed by atoms with Crippen molar-refractivity contribution >= 4 is 21.8 Å². The first-order valence-corrected chi connectivity index (χ1v) is 5.64. The third-order valence-electron chi connectivity index (χ3n) is 3.05. The van der Waals surface area contributed by atoms with Crippen LogP contribution in [0.25, 0.3) is 33.3 Å². The lowest BCUT2D eigenvalue weighted by Gasteiger charge is -1.95. The van der Waals surface area contributed by atoms with E-state index in [0.717, 1.165) is 22.1 Å². The Labute approximate surface area is 102 Å². The zero-order chi connectivity index (χ0) is 11.9. The number of aromatic amines is 2. The lowest BCUT2D eigenvalue weighted by Crippen LogP contribution is -1.85. The minimum absolute atomic E-state index is 0.683. The number of H-pyrrole nitrogens is 2. The molecular formula is C13H9N5. The molecular weight excluding hydrogens is 226 g/mol. The van der Waals surface area contributed by atoms with Gasteiger partial charge in [0.2, 0.25) is 0 Å². The molecule has 18 heavy (non-hydrogen) atoms. The number of rotatable bonds is 1. The summed E-state index contributed by atoms with van der Waals surface area (Å²) in [7, 11) is 0. The van der Waals surface area contributed by atoms with Crippen LogP contribution in [0.3, 0.4) is 0 Å². The highest BCUT2D eigenvalue weighted by molar-refractivity contribution is 6.07. The molecule has 86 valence electrons. The van der Waals surface area contributed by atoms with Crippen LogP contribution >= 0.6 is 0 Å². The summed E-state index contributed by atoms with van der Waals surface area (Å²) in [5.41, 5.74) is 2.94. The van der Waals surface area contributed by atoms with E-state index >= 15 is 0 Å². The van der Waals surface area contributed by atoms with Gasteiger partial charge in [0.05, 0.1) is 11.7 Å². The van der Waals surface area contributed by atoms with Gasteiger partial charge >= 0.3 is 0 Å². The second-order valence-electron chi connectivity index (χ2n) is 4.12. The van der Waals surface area contributed by atoms with Crippen molar-refractivity contribution in [2.75, 3.05) is 0 Å². The van der Waals surface area contributed by atoms with Gasteiger partial charge in [0, 0.05) is 16.3 Å². The van der Waals surface area contributed by atoms with Gasteiger partial charge in [0.1, 0.15) is 12.0 Å². The molecule has 0 radical (unpaired) electrons. The summed E-state index contributed by atoms with van der Waals surface area (Å²) < 4.78 is 0. The Morgan fingerprint density at radius 1 is 0.944 bits per heavy atom. The van der Waals surface area contributed by atoms with Crippen LogP contribution in [0.15, 0.2) is 42.9 Å². The molecule has 0 aliphatic rings. The van der Waals surface area contributed by atoms with Crippen LogP contribution in [0.4, 0.5) is 0 Å². The highest BCUT2D eigenvalue weighted by atomic mass is 15.2. The summed E-state index contributed by atoms with van der Waals surface area (Å²) in [6.07, 6.45) is 3.31. The Morgan fingerprint density at radius 3 is 2.78 bits per heavy atom. The molecule has 3 aromatic heterocycles. The van der Waals surface area contributed by atoms with Gasteiger partial charge in [-0.05, 0) is 12.1 Å². The summed E-state index contributed by atoms with van der Waals surface area (Å²) in [5.74, 6) is 0.683. The molecule has 3 heterocycles. The lowest BCUT2D eigenvalue weighted by atomic mass is 10.1. The third-order valence-corrected chi connectivity index (χ3v) is 3.05. The van der Waals surface area contributed by atoms with Crippen LogP contribution in [0.2, 0.25) is 0 Å². The maximum absolute atomic E-state index is 4.38. The van der Waals surface area contributed by atoms with Gasteiger partial charge in [-0.15, -0.1) is 0 Å². The van der Waals surface area contributed by atoms with Crippen molar-refractivity contribution in [2.24, 2.45) is 0 Å². The quantitative estimate of drug-likeness (QED) is 0.532. The first-order chi connectivity index (χ1) is 8.92. The Hall–Kier alpha value is -2.69. The molecule has 0 aliphatic carbocycles. The highest BCUT2D eigenvalue weighted by Gasteiger charge is 2.07. The molecule has 0 atom stereocenters. The summed E-state index contributed by atoms with van der Waals surface area (Å²) >= 11 is 0. The molecule has 4 rings (SSSR count). The Morgan fingerprint density at radius 2 is 1.89 bits per heavy atom. The average molecular weight is 235 g/mol. The molecule has 0 fully saturated rings. The predicted molar refractivity (Wildman–Crippen MR) is 69.0 cm³/mol. The number of nitrogens with one attached hydrogen (secondary N) is 2. The molecule has 5 heteroatoms. The molecule has 2 N–H and O–H groups in total. The van der Waals surface area contributed by atoms with Crippen molar-refractivity contribution in [3.63, 3.8) is 0 Å². The van der Waals surface area contributed by atoms with Crippen LogP contribution in [0.1, 0.15) is 0 Å². The van der Waals surface area contributed by atoms with Gasteiger partial charge < -0.3 is 4.98 Å². The maximum Gasteiger partial charge on any atom is 0.174 e. The number of fused-ring (bicyclic) bond motifs is 3. The van der Waals surface area contributed by atoms with E-state index < -0.39 is 0 Å². The molecule has 0 unspecified atom stereocenters. The van der Waals surface area contributed by atoms with Gasteiger partial charge in [-0.2, -0.15) is 5.10 Å². The number of para-hydroxylation sites is 1. The van der Waals surface area contributed by atoms with E-state index in [4.69, 9.17) is 0 Å². The second-order valence-corrected chi connectivity index (χ2v) is 4.12. The first-order valence-electron chi connectivity index (χ1n) is 5.64. The fourth-order valence-electron chi connectivity index (χ4n) is 2.21. The van der Waals surface area contributed by atoms with Crippen molar-refractivity contribution in [1.82, 2.24) is 25.1 Å². The van der Waals surface area contributed by atoms with Crippen LogP contribution in [0.5, 0.6) is 0 Å². The SMILES string of the molecule is c1ccc2c(c1)[nH]c1cnc(-c3ncn[nH]3)cc12. The summed E-state index contributed by atoms with van der Waals surface area (Å²) in [6, 6.07) is 10.2. The molecule has 5 nitrogen and oxygen atoms in total. The summed E-state index contributed by atoms with van der Waals surface area (Å²) in [6.45, 7) is 0. The second kappa shape index (κ2) is 3.40. The molecule has 0 amide bonds. The monoisotopic (exact) mass is 235 g/mol. The smallest absolute Gasteiger partial charge is 0.174 e. The largest absolute Gasteiger partial charge is 0.353 e. The number of hydrogen-bond donors (Lipinski definition) is 2. The number of benzene rings is 1. The number of pyridine rings is 1. The van der Waals surface area contributed by atoms with E-state index in [2.05, 4.69) is 37.3 Å². The summed E-state index contributed by atoms with van der Waals surface area (Å²) in [4.78, 5) is 11.8. The molecule has 0 bridgehead atoms. The average Bonchev–Trinajstić information content (AvgIpc) is 3.05. The Balaban J connectivity index is 2.07. The Bertz CT molecular complexity index is 829. The minimum Gasteiger partial charge on any atom is -0.353 e. The maximum atomic E-state index is 4.38. The summed E-state index contributed by atoms with van der Waals surface area (Å²) in [5, 5.41) is 9.01. The fourth-order valence-corrected chi connectivity index (χ4v) is 2.21. The third kappa shape index (κ3) is 1.24. The van der Waals surface area contributed by atoms with Crippen molar-refractivity contribution in [2.45, 2.75) is 0 Å². The van der Waals surface area contributed by atoms with Crippen LogP contribution < -0.4 is 0 Å². The van der Waals surface area contributed by atoms with Crippen molar-refractivity contribution in [3.8, 4) is 11.5 Å². The molecule has 0 aliphatic heterocycles. The molecule has 0 saturated carbocycles. The van der Waals surface area contributed by atoms with Crippen LogP contribution in [-0.2, 0) is 0 Å². The van der Waals surface area contributed by atoms with Crippen molar-refractivity contribution in [1.29, 1.82) is 0 Å². The first kappa shape index (κ1) is 9.35. The lowest BCUT2D eigenvalue weighted by molar-refractivity contribution is 1.09. The normalized spacial score (nSPS) is 11.3. The number of hydrogen-bond acceptors (Lipinski definition) is 3. The van der Waals surface area contributed by atoms with E-state index in [9.17, 15) is 0 Å². The highest BCUT2D eigenvalue weighted by Crippen LogP contribution is 2.26. The van der Waals surface area contributed by atoms with Gasteiger partial charge in [-0.1, -0.05) is 18.2 Å². The predicted octanol–water partition coefficient (Wildman–Crippen LogP) is 2.50. The van der Waals surface area contributed by atoms with E-state index in [0.29, 0.717) is 5.82 Å². The fraction of sp³-hybridized carbons (Fsp3) is 0. The molecule has 0 saturated heterocycles. The zero-order valence-electron chi connectivity index (χ0n) is 9.38. The van der Waals surface area contributed by atoms with E-state index in [1.807, 2.05) is 24.4 Å². The van der Waals surface area contributed by atoms with Gasteiger partial charge in [-0.25, -0.2) is 4.98 Å². The van der Waals surface area contributed by atoms with Gasteiger partial charge in [0.15, 0.2) is 5.82 Å². The molecule has 4 aromatic rings. The van der Waals surface area contributed by atoms with E-state index in [1.165, 1.54) is 11.7 Å². The Kier molecular flexibility index (Phi) is 1.77. The van der Waals surface area contributed by atoms with E-state index in [1.54, 1.807) is 0 Å². The molecule has 1 aromatic carbocycles. The van der Waals surface area contributed by atoms with Crippen LogP contribution in [-0.4, -0.2) is 25.1 Å². The standard InChI is InChI=1S/C13H9N5/c1-2-4-10-8(3-1)9-5-11(13-15-7-16-18-13)14-6-12(9)17-10/h1-7,17H,(H,15,16,18).